The van der Waals surface area contributed by atoms with Gasteiger partial charge in [0.05, 0.1) is 46.4 Å². The van der Waals surface area contributed by atoms with E-state index >= 15 is 0 Å². The number of hydrogen-bond donors (Lipinski definition) is 1. The summed E-state index contributed by atoms with van der Waals surface area (Å²) in [5.74, 6) is 1.49. The second-order valence-corrected chi connectivity index (χ2v) is 7.97. The average molecular weight is 505 g/mol. The first-order valence-corrected chi connectivity index (χ1v) is 11.4. The second-order valence-electron chi connectivity index (χ2n) is 7.97. The van der Waals surface area contributed by atoms with E-state index in [-0.39, 0.29) is 0 Å². The molecule has 0 bridgehead atoms. The lowest BCUT2D eigenvalue weighted by molar-refractivity contribution is -0.139. The molecule has 0 radical (unpaired) electrons. The lowest BCUT2D eigenvalue weighted by Gasteiger charge is -2.14. The van der Waals surface area contributed by atoms with E-state index in [1.807, 2.05) is 59.3 Å². The Balaban J connectivity index is 1.91. The van der Waals surface area contributed by atoms with Crippen molar-refractivity contribution in [3.8, 4) is 51.3 Å². The van der Waals surface area contributed by atoms with Gasteiger partial charge in [0, 0.05) is 22.8 Å². The largest absolute Gasteiger partial charge is 0.496 e. The number of carboxylic acid groups (broad SMARTS) is 1. The van der Waals surface area contributed by atoms with Crippen LogP contribution in [0.15, 0.2) is 66.7 Å². The molecule has 0 spiro atoms. The van der Waals surface area contributed by atoms with E-state index in [1.165, 1.54) is 14.2 Å². The zero-order valence-corrected chi connectivity index (χ0v) is 21.1. The molecule has 0 fully saturated rings. The van der Waals surface area contributed by atoms with Gasteiger partial charge in [-0.3, -0.25) is 4.68 Å². The number of benzene rings is 3. The van der Waals surface area contributed by atoms with Gasteiger partial charge >= 0.3 is 5.97 Å². The number of carbonyl (C=O) groups is 1. The summed E-state index contributed by atoms with van der Waals surface area (Å²) in [6.45, 7) is -0.111. The molecule has 192 valence electrons. The molecular formula is C28H28N2O7. The standard InChI is InChI=1S/C28H28N2O7/c1-33-23-11-7-5-9-18(23)16-30-22(19-10-6-8-12-24(19)34-2)14-21(29-30)20-13-26(35-3)27(36-4)15-25(20)37-17-28(31)32/h5-15H,16-17H2,1-4H3,(H,31,32). The third-order valence-electron chi connectivity index (χ3n) is 5.79. The zero-order chi connectivity index (χ0) is 26.4. The average Bonchev–Trinajstić information content (AvgIpc) is 3.34. The molecule has 37 heavy (non-hydrogen) atoms. The lowest BCUT2D eigenvalue weighted by Crippen LogP contribution is -2.10. The van der Waals surface area contributed by atoms with Crippen molar-refractivity contribution >= 4 is 5.97 Å². The van der Waals surface area contributed by atoms with Crippen LogP contribution in [0.3, 0.4) is 0 Å². The number of aromatic nitrogens is 2. The predicted octanol–water partition coefficient (Wildman–Crippen LogP) is 4.76. The predicted molar refractivity (Wildman–Crippen MR) is 138 cm³/mol. The minimum atomic E-state index is -1.10. The number of rotatable bonds is 11. The van der Waals surface area contributed by atoms with Crippen LogP contribution in [0.2, 0.25) is 0 Å². The van der Waals surface area contributed by atoms with Crippen molar-refractivity contribution in [2.75, 3.05) is 35.0 Å². The minimum Gasteiger partial charge on any atom is -0.496 e. The smallest absolute Gasteiger partial charge is 0.341 e. The molecule has 0 aliphatic heterocycles. The number of methoxy groups -OCH3 is 4. The highest BCUT2D eigenvalue weighted by molar-refractivity contribution is 5.78. The molecule has 0 aliphatic rings. The topological polar surface area (TPSA) is 101 Å². The number of nitrogens with zero attached hydrogens (tertiary/aromatic N) is 2. The maximum Gasteiger partial charge on any atom is 0.341 e. The Kier molecular flexibility index (Phi) is 7.83. The van der Waals surface area contributed by atoms with Gasteiger partial charge in [0.2, 0.25) is 0 Å². The van der Waals surface area contributed by atoms with Crippen molar-refractivity contribution in [3.63, 3.8) is 0 Å². The van der Waals surface area contributed by atoms with E-state index in [0.29, 0.717) is 40.8 Å². The Morgan fingerprint density at radius 3 is 2.05 bits per heavy atom. The minimum absolute atomic E-state index is 0.300. The van der Waals surface area contributed by atoms with E-state index in [4.69, 9.17) is 28.8 Å². The molecule has 0 saturated heterocycles. The lowest BCUT2D eigenvalue weighted by atomic mass is 10.1. The van der Waals surface area contributed by atoms with Crippen LogP contribution in [0.1, 0.15) is 5.56 Å². The fourth-order valence-corrected chi connectivity index (χ4v) is 4.06. The summed E-state index contributed by atoms with van der Waals surface area (Å²) in [5.41, 5.74) is 3.67. The number of hydrogen-bond acceptors (Lipinski definition) is 7. The zero-order valence-electron chi connectivity index (χ0n) is 21.1. The van der Waals surface area contributed by atoms with Gasteiger partial charge in [-0.1, -0.05) is 30.3 Å². The number of aliphatic carboxylic acids is 1. The second kappa shape index (κ2) is 11.4. The van der Waals surface area contributed by atoms with Crippen LogP contribution in [0.25, 0.3) is 22.5 Å². The van der Waals surface area contributed by atoms with Crippen molar-refractivity contribution in [2.45, 2.75) is 6.54 Å². The number of para-hydroxylation sites is 2. The third kappa shape index (κ3) is 5.45. The highest BCUT2D eigenvalue weighted by atomic mass is 16.5. The van der Waals surface area contributed by atoms with E-state index in [9.17, 15) is 9.90 Å². The molecule has 1 N–H and O–H groups in total. The molecule has 0 amide bonds. The summed E-state index contributed by atoms with van der Waals surface area (Å²) in [6, 6.07) is 20.6. The first-order chi connectivity index (χ1) is 18.0. The molecule has 9 heteroatoms. The van der Waals surface area contributed by atoms with Crippen LogP contribution in [0.4, 0.5) is 0 Å². The highest BCUT2D eigenvalue weighted by Gasteiger charge is 2.21. The van der Waals surface area contributed by atoms with Crippen LogP contribution >= 0.6 is 0 Å². The van der Waals surface area contributed by atoms with Gasteiger partial charge in [-0.15, -0.1) is 0 Å². The highest BCUT2D eigenvalue weighted by Crippen LogP contribution is 2.42. The van der Waals surface area contributed by atoms with E-state index in [2.05, 4.69) is 0 Å². The maximum atomic E-state index is 11.2. The fraction of sp³-hybridized carbons (Fsp3) is 0.214. The molecule has 0 atom stereocenters. The fourth-order valence-electron chi connectivity index (χ4n) is 4.06. The quantitative estimate of drug-likeness (QED) is 0.312. The van der Waals surface area contributed by atoms with Crippen molar-refractivity contribution in [2.24, 2.45) is 0 Å². The monoisotopic (exact) mass is 504 g/mol. The van der Waals surface area contributed by atoms with Crippen LogP contribution < -0.4 is 23.7 Å². The Bertz CT molecular complexity index is 1400. The van der Waals surface area contributed by atoms with Crippen molar-refractivity contribution in [1.82, 2.24) is 9.78 Å². The van der Waals surface area contributed by atoms with Crippen molar-refractivity contribution < 1.29 is 33.6 Å². The summed E-state index contributed by atoms with van der Waals surface area (Å²) < 4.78 is 29.5. The number of ether oxygens (including phenoxy) is 5. The van der Waals surface area contributed by atoms with Gasteiger partial charge in [0.25, 0.3) is 0 Å². The molecule has 0 unspecified atom stereocenters. The summed E-state index contributed by atoms with van der Waals surface area (Å²) in [4.78, 5) is 11.2. The molecule has 9 nitrogen and oxygen atoms in total. The van der Waals surface area contributed by atoms with Gasteiger partial charge in [0.15, 0.2) is 18.1 Å². The maximum absolute atomic E-state index is 11.2. The molecular weight excluding hydrogens is 476 g/mol. The van der Waals surface area contributed by atoms with E-state index < -0.39 is 12.6 Å². The summed E-state index contributed by atoms with van der Waals surface area (Å²) in [5, 5.41) is 14.1. The SMILES string of the molecule is COc1ccccc1Cn1nc(-c2cc(OC)c(OC)cc2OCC(=O)O)cc1-c1ccccc1OC. The molecule has 4 rings (SSSR count). The Labute approximate surface area is 214 Å². The van der Waals surface area contributed by atoms with Crippen LogP contribution in [-0.2, 0) is 11.3 Å². The normalized spacial score (nSPS) is 10.6. The number of carboxylic acids is 1. The third-order valence-corrected chi connectivity index (χ3v) is 5.79. The van der Waals surface area contributed by atoms with Crippen molar-refractivity contribution in [1.29, 1.82) is 0 Å². The van der Waals surface area contributed by atoms with Crippen LogP contribution in [0, 0.1) is 0 Å². The van der Waals surface area contributed by atoms with Gasteiger partial charge in [0.1, 0.15) is 17.2 Å². The molecule has 1 aromatic heterocycles. The molecule has 4 aromatic rings. The van der Waals surface area contributed by atoms with Crippen LogP contribution in [0.5, 0.6) is 28.7 Å². The first-order valence-electron chi connectivity index (χ1n) is 11.4. The van der Waals surface area contributed by atoms with Crippen LogP contribution in [-0.4, -0.2) is 55.9 Å². The molecule has 3 aromatic carbocycles. The summed E-state index contributed by atoms with van der Waals surface area (Å²) in [7, 11) is 6.28. The molecule has 1 heterocycles. The summed E-state index contributed by atoms with van der Waals surface area (Å²) in [6.07, 6.45) is 0. The van der Waals surface area contributed by atoms with Gasteiger partial charge in [-0.2, -0.15) is 5.10 Å². The molecule has 0 saturated carbocycles. The Hall–Kier alpha value is -4.66. The molecule has 0 aliphatic carbocycles. The van der Waals surface area contributed by atoms with Gasteiger partial charge in [-0.05, 0) is 30.3 Å². The van der Waals surface area contributed by atoms with E-state index in [1.54, 1.807) is 26.4 Å². The van der Waals surface area contributed by atoms with E-state index in [0.717, 1.165) is 22.6 Å². The summed E-state index contributed by atoms with van der Waals surface area (Å²) >= 11 is 0. The Morgan fingerprint density at radius 1 is 0.757 bits per heavy atom. The Morgan fingerprint density at radius 2 is 1.38 bits per heavy atom. The first kappa shape index (κ1) is 25.4. The van der Waals surface area contributed by atoms with Gasteiger partial charge in [-0.25, -0.2) is 4.79 Å². The van der Waals surface area contributed by atoms with Gasteiger partial charge < -0.3 is 28.8 Å². The van der Waals surface area contributed by atoms with Crippen molar-refractivity contribution in [3.05, 3.63) is 72.3 Å².